The number of halogens is 4. The Labute approximate surface area is 679 Å². The summed E-state index contributed by atoms with van der Waals surface area (Å²) >= 11 is 23.1. The van der Waals surface area contributed by atoms with Crippen molar-refractivity contribution in [1.29, 1.82) is 0 Å². The summed E-state index contributed by atoms with van der Waals surface area (Å²) < 4.78 is 82.4. The van der Waals surface area contributed by atoms with E-state index in [1.165, 1.54) is 46.5 Å². The number of benzene rings is 3. The van der Waals surface area contributed by atoms with E-state index in [1.807, 2.05) is 107 Å². The minimum atomic E-state index is -2.69. The SMILES string of the molecule is CCOC(C)n1ccc(-c2cccc(Nc3cc(NC(=O)C4CC4)nnc3C(=O)NC)c2OC)n1.CNC(=O)c1nnc(Cl)cc1Cl.NC(=O)C1CC1.[2H]C([2H])([2H])NC(=O)c1nnc(Cl)cc1Nc1cccc(-c2ccn(C(C)OCC)n2)c1OC.[2H]C([2H])([2H])NC(=O)c1nnc(Cl)cc1Nc1cccc(-c2ccn(C(C)OCC)n2)c1OC. The lowest BCUT2D eigenvalue weighted by Gasteiger charge is -2.16. The number of carbonyl (C=O) groups excluding carboxylic acids is 6. The van der Waals surface area contributed by atoms with Gasteiger partial charge in [-0.1, -0.05) is 64.6 Å². The van der Waals surface area contributed by atoms with Crippen LogP contribution in [0.1, 0.15) is 136 Å². The molecule has 0 aliphatic heterocycles. The number of amides is 6. The molecule has 0 radical (unpaired) electrons. The second-order valence-corrected chi connectivity index (χ2v) is 25.5. The smallest absolute Gasteiger partial charge is 0.273 e. The van der Waals surface area contributed by atoms with Gasteiger partial charge in [0.15, 0.2) is 61.3 Å². The van der Waals surface area contributed by atoms with Crippen LogP contribution in [0.15, 0.2) is 116 Å². The third kappa shape index (κ3) is 23.7. The van der Waals surface area contributed by atoms with Crippen LogP contribution < -0.4 is 62.5 Å². The quantitative estimate of drug-likeness (QED) is 0.0220. The highest BCUT2D eigenvalue weighted by Crippen LogP contribution is 2.42. The molecule has 6 amide bonds. The van der Waals surface area contributed by atoms with Crippen molar-refractivity contribution in [2.75, 3.05) is 90.5 Å². The van der Waals surface area contributed by atoms with Crippen LogP contribution in [0, 0.1) is 11.8 Å². The summed E-state index contributed by atoms with van der Waals surface area (Å²) in [7, 11) is 7.57. The van der Waals surface area contributed by atoms with E-state index in [0.29, 0.717) is 88.0 Å². The van der Waals surface area contributed by atoms with Gasteiger partial charge in [0.25, 0.3) is 23.6 Å². The largest absolute Gasteiger partial charge is 0.494 e. The normalized spacial score (nSPS) is 13.6. The molecule has 2 fully saturated rings. The number of rotatable bonds is 28. The highest BCUT2D eigenvalue weighted by atomic mass is 35.5. The topological polar surface area (TPSA) is 437 Å². The molecular formula is C74H87Cl4N23O12. The molecule has 7 heterocycles. The molecule has 113 heavy (non-hydrogen) atoms. The Morgan fingerprint density at radius 1 is 0.460 bits per heavy atom. The fraction of sp³-hybridized carbons (Fsp3) is 0.338. The lowest BCUT2D eigenvalue weighted by Crippen LogP contribution is -2.22. The predicted molar refractivity (Wildman–Crippen MR) is 427 cm³/mol. The summed E-state index contributed by atoms with van der Waals surface area (Å²) in [5.41, 5.74) is 10.9. The Hall–Kier alpha value is -11.7. The van der Waals surface area contributed by atoms with E-state index in [2.05, 4.69) is 88.0 Å². The zero-order valence-corrected chi connectivity index (χ0v) is 66.1. The lowest BCUT2D eigenvalue weighted by atomic mass is 10.1. The molecule has 7 aromatic heterocycles. The Bertz CT molecular complexity index is 5020. The molecule has 0 saturated heterocycles. The van der Waals surface area contributed by atoms with Gasteiger partial charge >= 0.3 is 0 Å². The van der Waals surface area contributed by atoms with Crippen molar-refractivity contribution in [2.24, 2.45) is 17.6 Å². The van der Waals surface area contributed by atoms with Crippen molar-refractivity contribution in [1.82, 2.24) is 91.4 Å². The number of nitrogens with two attached hydrogens (primary N) is 1. The van der Waals surface area contributed by atoms with Gasteiger partial charge in [-0.15, -0.1) is 40.8 Å². The summed E-state index contributed by atoms with van der Waals surface area (Å²) in [6.07, 6.45) is 8.56. The van der Waals surface area contributed by atoms with E-state index >= 15 is 0 Å². The summed E-state index contributed by atoms with van der Waals surface area (Å²) in [5.74, 6) is -0.961. The molecule has 3 atom stereocenters. The van der Waals surface area contributed by atoms with Crippen molar-refractivity contribution >= 4 is 122 Å². The molecule has 10 N–H and O–H groups in total. The van der Waals surface area contributed by atoms with Crippen molar-refractivity contribution < 1.29 is 65.4 Å². The predicted octanol–water partition coefficient (Wildman–Crippen LogP) is 11.7. The first-order valence-corrected chi connectivity index (χ1v) is 36.3. The van der Waals surface area contributed by atoms with E-state index in [-0.39, 0.29) is 109 Å². The van der Waals surface area contributed by atoms with Gasteiger partial charge in [0.2, 0.25) is 11.8 Å². The highest BCUT2D eigenvalue weighted by Gasteiger charge is 2.31. The Balaban J connectivity index is 0.000000200. The maximum atomic E-state index is 12.4. The van der Waals surface area contributed by atoms with Gasteiger partial charge in [0.1, 0.15) is 18.7 Å². The number of primary amides is 1. The average Bonchev–Trinajstić information content (AvgIpc) is 1.77. The van der Waals surface area contributed by atoms with Crippen molar-refractivity contribution in [3.8, 4) is 51.0 Å². The van der Waals surface area contributed by atoms with Crippen LogP contribution in [0.25, 0.3) is 33.8 Å². The molecule has 2 aliphatic rings. The number of para-hydroxylation sites is 3. The fourth-order valence-corrected chi connectivity index (χ4v) is 11.1. The Kier molecular flexibility index (Phi) is 29.0. The zero-order chi connectivity index (χ0) is 87.0. The van der Waals surface area contributed by atoms with Crippen molar-refractivity contribution in [3.63, 3.8) is 0 Å². The number of anilines is 7. The van der Waals surface area contributed by atoms with Gasteiger partial charge in [-0.3, -0.25) is 28.8 Å². The molecule has 3 unspecified atom stereocenters. The zero-order valence-electron chi connectivity index (χ0n) is 69.1. The van der Waals surface area contributed by atoms with Gasteiger partial charge in [-0.05, 0) is 128 Å². The standard InChI is InChI=1S/C24H29N7O4.2C20H23ClN6O3.C6H5Cl2N3O.C4H7NO/c1-5-35-14(2)31-12-11-17(30-31)16-7-6-8-18(22(16)34-4)26-19-13-20(27-23(32)15-9-10-15)28-29-21(19)24(33)25-3;2*1-5-30-12(2)27-10-9-14(26-27)13-7-6-8-15(19(13)29-4)23-16-11-17(21)24-25-18(16)20(28)22-3;1-9-6(12)5-3(7)2-4(8)10-11-5;5-4(6)3-1-2-3/h6-8,11-15H,5,9-10H2,1-4H3,(H,25,33)(H2,26,27,28,32);2*6-12H,5H2,1-4H3,(H,22,28)(H,23,24);2H,1H3,(H,9,12);3H,1-2H2,(H2,5,6)/i;2*3D3;;. The molecule has 0 spiro atoms. The van der Waals surface area contributed by atoms with Crippen molar-refractivity contribution in [2.45, 2.75) is 85.9 Å². The van der Waals surface area contributed by atoms with Crippen LogP contribution in [0.4, 0.5) is 39.9 Å². The molecule has 39 heteroatoms. The van der Waals surface area contributed by atoms with Crippen LogP contribution >= 0.6 is 46.4 Å². The monoisotopic (exact) mass is 1640 g/mol. The second kappa shape index (κ2) is 42.1. The van der Waals surface area contributed by atoms with Crippen molar-refractivity contribution in [3.05, 3.63) is 159 Å². The molecule has 35 nitrogen and oxygen atoms in total. The average molecular weight is 1640 g/mol. The number of hydrogen-bond acceptors (Lipinski definition) is 26. The minimum absolute atomic E-state index is 0.00820. The van der Waals surface area contributed by atoms with E-state index in [9.17, 15) is 28.8 Å². The summed E-state index contributed by atoms with van der Waals surface area (Å²) in [5, 5.41) is 64.8. The van der Waals surface area contributed by atoms with Gasteiger partial charge in [0, 0.05) is 121 Å². The molecule has 598 valence electrons. The minimum Gasteiger partial charge on any atom is -0.494 e. The van der Waals surface area contributed by atoms with E-state index in [1.54, 1.807) is 63.9 Å². The van der Waals surface area contributed by atoms with Crippen LogP contribution in [-0.4, -0.2) is 175 Å². The van der Waals surface area contributed by atoms with Gasteiger partial charge in [0.05, 0.1) is 77.6 Å². The Morgan fingerprint density at radius 3 is 1.12 bits per heavy atom. The van der Waals surface area contributed by atoms with E-state index in [0.717, 1.165) is 31.2 Å². The number of methoxy groups -OCH3 is 3. The molecule has 2 saturated carbocycles. The van der Waals surface area contributed by atoms with E-state index < -0.39 is 31.7 Å². The number of ether oxygens (including phenoxy) is 6. The maximum absolute atomic E-state index is 12.4. The molecule has 2 aliphatic carbocycles. The van der Waals surface area contributed by atoms with Gasteiger partial charge in [-0.25, -0.2) is 14.0 Å². The summed E-state index contributed by atoms with van der Waals surface area (Å²) in [4.78, 5) is 70.5. The highest BCUT2D eigenvalue weighted by molar-refractivity contribution is 6.35. The number of nitrogens with zero attached hydrogens (tertiary/aromatic N) is 14. The van der Waals surface area contributed by atoms with Gasteiger partial charge < -0.3 is 76.7 Å². The number of carbonyl (C=O) groups is 6. The number of nitrogens with one attached hydrogen (secondary N) is 8. The summed E-state index contributed by atoms with van der Waals surface area (Å²) in [6.45, 7) is 7.76. The third-order valence-corrected chi connectivity index (χ3v) is 17.1. The first-order chi connectivity index (χ1) is 56.6. The molecule has 12 rings (SSSR count). The fourth-order valence-electron chi connectivity index (χ4n) is 10.4. The van der Waals surface area contributed by atoms with Crippen LogP contribution in [0.3, 0.4) is 0 Å². The maximum Gasteiger partial charge on any atom is 0.273 e. The summed E-state index contributed by atoms with van der Waals surface area (Å²) in [6, 6.07) is 27.5. The number of hydrogen-bond donors (Lipinski definition) is 9. The molecule has 10 aromatic rings. The number of aromatic nitrogens is 14. The second-order valence-electron chi connectivity index (χ2n) is 24.0. The van der Waals surface area contributed by atoms with Crippen LogP contribution in [-0.2, 0) is 23.8 Å². The van der Waals surface area contributed by atoms with Gasteiger partial charge in [-0.2, -0.15) is 15.3 Å². The molecule has 0 bridgehead atoms. The first-order valence-electron chi connectivity index (χ1n) is 37.8. The van der Waals surface area contributed by atoms with E-state index in [4.69, 9.17) is 88.8 Å². The molecule has 3 aromatic carbocycles. The first kappa shape index (κ1) is 78.0. The lowest BCUT2D eigenvalue weighted by molar-refractivity contribution is -0.119. The van der Waals surface area contributed by atoms with Crippen LogP contribution in [0.5, 0.6) is 17.2 Å². The van der Waals surface area contributed by atoms with Crippen LogP contribution in [0.2, 0.25) is 20.5 Å². The Morgan fingerprint density at radius 2 is 0.796 bits per heavy atom. The molecular weight excluding hydrogens is 1540 g/mol. The third-order valence-electron chi connectivity index (χ3n) is 16.2.